The molecule has 7 nitrogen and oxygen atoms in total. The maximum absolute atomic E-state index is 12.9. The number of amides is 3. The van der Waals surface area contributed by atoms with Crippen molar-refractivity contribution in [1.29, 1.82) is 0 Å². The summed E-state index contributed by atoms with van der Waals surface area (Å²) in [5, 5.41) is 3.00. The molecule has 1 aromatic rings. The van der Waals surface area contributed by atoms with Gasteiger partial charge in [0.2, 0.25) is 11.8 Å². The van der Waals surface area contributed by atoms with Crippen LogP contribution in [0.5, 0.6) is 5.75 Å². The molecule has 3 amide bonds. The Hall–Kier alpha value is -2.57. The van der Waals surface area contributed by atoms with Gasteiger partial charge in [-0.2, -0.15) is 0 Å². The van der Waals surface area contributed by atoms with Gasteiger partial charge in [-0.3, -0.25) is 14.4 Å². The fourth-order valence-electron chi connectivity index (χ4n) is 4.64. The number of nitrogens with zero attached hydrogens (tertiary/aromatic N) is 2. The zero-order valence-electron chi connectivity index (χ0n) is 16.2. The third kappa shape index (κ3) is 3.70. The number of benzene rings is 1. The monoisotopic (exact) mass is 385 g/mol. The molecule has 0 spiro atoms. The zero-order chi connectivity index (χ0) is 19.7. The van der Waals surface area contributed by atoms with Gasteiger partial charge in [-0.1, -0.05) is 6.07 Å². The van der Waals surface area contributed by atoms with Crippen LogP contribution in [-0.4, -0.2) is 66.9 Å². The smallest absolute Gasteiger partial charge is 0.253 e. The predicted molar refractivity (Wildman–Crippen MR) is 103 cm³/mol. The van der Waals surface area contributed by atoms with Crippen molar-refractivity contribution >= 4 is 17.7 Å². The fourth-order valence-corrected chi connectivity index (χ4v) is 4.64. The van der Waals surface area contributed by atoms with Crippen LogP contribution in [0.25, 0.3) is 0 Å². The number of ether oxygens (including phenoxy) is 1. The number of hydrogen-bond donors (Lipinski definition) is 1. The van der Waals surface area contributed by atoms with Crippen molar-refractivity contribution in [2.24, 2.45) is 11.8 Å². The lowest BCUT2D eigenvalue weighted by atomic mass is 9.89. The van der Waals surface area contributed by atoms with Gasteiger partial charge in [0.05, 0.1) is 7.11 Å². The number of piperidine rings is 2. The maximum atomic E-state index is 12.9. The molecule has 7 heteroatoms. The molecule has 1 aromatic carbocycles. The Labute approximate surface area is 165 Å². The van der Waals surface area contributed by atoms with Crippen LogP contribution in [0.1, 0.15) is 36.0 Å². The van der Waals surface area contributed by atoms with E-state index < -0.39 is 0 Å². The minimum absolute atomic E-state index is 0.0146. The molecule has 2 atom stereocenters. The highest BCUT2D eigenvalue weighted by atomic mass is 16.5. The van der Waals surface area contributed by atoms with Crippen molar-refractivity contribution in [3.8, 4) is 5.75 Å². The average Bonchev–Trinajstić information content (AvgIpc) is 3.12. The summed E-state index contributed by atoms with van der Waals surface area (Å²) >= 11 is 0. The topological polar surface area (TPSA) is 79.0 Å². The first kappa shape index (κ1) is 18.8. The van der Waals surface area contributed by atoms with Gasteiger partial charge in [0.1, 0.15) is 5.75 Å². The largest absolute Gasteiger partial charge is 0.497 e. The van der Waals surface area contributed by atoms with E-state index in [-0.39, 0.29) is 29.7 Å². The molecule has 3 heterocycles. The zero-order valence-corrected chi connectivity index (χ0v) is 16.2. The summed E-state index contributed by atoms with van der Waals surface area (Å²) in [6, 6.07) is 7.28. The molecule has 0 saturated carbocycles. The average molecular weight is 385 g/mol. The molecule has 28 heavy (non-hydrogen) atoms. The second kappa shape index (κ2) is 7.81. The molecule has 4 rings (SSSR count). The molecule has 3 aliphatic heterocycles. The number of rotatable bonds is 3. The Balaban J connectivity index is 1.32. The van der Waals surface area contributed by atoms with Crippen LogP contribution in [0.15, 0.2) is 24.3 Å². The molecule has 0 unspecified atom stereocenters. The standard InChI is InChI=1S/C21H27N3O4/c1-28-17-4-2-3-16(11-17)21(27)23-8-5-14(6-9-23)20(26)24-10-7-15-12-19(25)22-18(15)13-24/h2-4,11,14-15,18H,5-10,12-13H2,1H3,(H,22,25)/t15-,18-/m1/s1. The van der Waals surface area contributed by atoms with E-state index in [0.717, 1.165) is 13.0 Å². The van der Waals surface area contributed by atoms with E-state index in [9.17, 15) is 14.4 Å². The third-order valence-corrected chi connectivity index (χ3v) is 6.31. The third-order valence-electron chi connectivity index (χ3n) is 6.31. The first-order valence-corrected chi connectivity index (χ1v) is 10.1. The summed E-state index contributed by atoms with van der Waals surface area (Å²) in [6.07, 6.45) is 2.86. The Kier molecular flexibility index (Phi) is 5.24. The van der Waals surface area contributed by atoms with Gasteiger partial charge in [-0.15, -0.1) is 0 Å². The van der Waals surface area contributed by atoms with E-state index in [2.05, 4.69) is 5.32 Å². The summed E-state index contributed by atoms with van der Waals surface area (Å²) in [7, 11) is 1.58. The van der Waals surface area contributed by atoms with Crippen molar-refractivity contribution in [3.63, 3.8) is 0 Å². The van der Waals surface area contributed by atoms with Crippen molar-refractivity contribution in [2.75, 3.05) is 33.3 Å². The molecule has 1 N–H and O–H groups in total. The number of nitrogens with one attached hydrogen (secondary N) is 1. The molecule has 0 bridgehead atoms. The molecular weight excluding hydrogens is 358 g/mol. The molecule has 150 valence electrons. The van der Waals surface area contributed by atoms with Gasteiger partial charge >= 0.3 is 0 Å². The van der Waals surface area contributed by atoms with E-state index in [0.29, 0.717) is 56.1 Å². The Morgan fingerprint density at radius 1 is 1.11 bits per heavy atom. The first-order chi connectivity index (χ1) is 13.5. The van der Waals surface area contributed by atoms with Crippen LogP contribution in [0.3, 0.4) is 0 Å². The van der Waals surface area contributed by atoms with E-state index in [4.69, 9.17) is 4.74 Å². The van der Waals surface area contributed by atoms with E-state index in [1.165, 1.54) is 0 Å². The van der Waals surface area contributed by atoms with Crippen molar-refractivity contribution in [3.05, 3.63) is 29.8 Å². The van der Waals surface area contributed by atoms with Gasteiger partial charge in [0, 0.05) is 50.1 Å². The second-order valence-electron chi connectivity index (χ2n) is 8.01. The van der Waals surface area contributed by atoms with E-state index in [1.807, 2.05) is 21.9 Å². The lowest BCUT2D eigenvalue weighted by Gasteiger charge is -2.38. The Morgan fingerprint density at radius 3 is 2.61 bits per heavy atom. The van der Waals surface area contributed by atoms with Crippen molar-refractivity contribution < 1.29 is 19.1 Å². The van der Waals surface area contributed by atoms with Crippen LogP contribution in [0.4, 0.5) is 0 Å². The van der Waals surface area contributed by atoms with Crippen LogP contribution in [0, 0.1) is 11.8 Å². The summed E-state index contributed by atoms with van der Waals surface area (Å²) in [5.41, 5.74) is 0.614. The van der Waals surface area contributed by atoms with Crippen molar-refractivity contribution in [2.45, 2.75) is 31.7 Å². The lowest BCUT2D eigenvalue weighted by Crippen LogP contribution is -2.52. The van der Waals surface area contributed by atoms with E-state index in [1.54, 1.807) is 19.2 Å². The molecule has 3 aliphatic rings. The lowest BCUT2D eigenvalue weighted by molar-refractivity contribution is -0.138. The number of fused-ring (bicyclic) bond motifs is 1. The number of carbonyl (C=O) groups is 3. The SMILES string of the molecule is COc1cccc(C(=O)N2CCC(C(=O)N3CC[C@@H]4CC(=O)N[C@@H]4C3)CC2)c1. The number of likely N-dealkylation sites (tertiary alicyclic amines) is 2. The molecular formula is C21H27N3O4. The molecule has 3 fully saturated rings. The molecule has 3 saturated heterocycles. The predicted octanol–water partition coefficient (Wildman–Crippen LogP) is 1.28. The molecule has 0 radical (unpaired) electrons. The van der Waals surface area contributed by atoms with Gasteiger partial charge < -0.3 is 19.9 Å². The minimum atomic E-state index is -0.0389. The Morgan fingerprint density at radius 2 is 1.86 bits per heavy atom. The quantitative estimate of drug-likeness (QED) is 0.850. The van der Waals surface area contributed by atoms with Gasteiger partial charge in [-0.05, 0) is 43.4 Å². The highest BCUT2D eigenvalue weighted by Crippen LogP contribution is 2.29. The second-order valence-corrected chi connectivity index (χ2v) is 8.01. The summed E-state index contributed by atoms with van der Waals surface area (Å²) in [5.74, 6) is 1.27. The van der Waals surface area contributed by atoms with Crippen LogP contribution < -0.4 is 10.1 Å². The van der Waals surface area contributed by atoms with Gasteiger partial charge in [0.25, 0.3) is 5.91 Å². The summed E-state index contributed by atoms with van der Waals surface area (Å²) in [4.78, 5) is 41.0. The number of hydrogen-bond acceptors (Lipinski definition) is 4. The van der Waals surface area contributed by atoms with Gasteiger partial charge in [-0.25, -0.2) is 0 Å². The van der Waals surface area contributed by atoms with Gasteiger partial charge in [0.15, 0.2) is 0 Å². The summed E-state index contributed by atoms with van der Waals surface area (Å²) < 4.78 is 5.20. The number of methoxy groups -OCH3 is 1. The van der Waals surface area contributed by atoms with Crippen LogP contribution in [0.2, 0.25) is 0 Å². The molecule has 0 aromatic heterocycles. The fraction of sp³-hybridized carbons (Fsp3) is 0.571. The highest BCUT2D eigenvalue weighted by Gasteiger charge is 2.40. The summed E-state index contributed by atoms with van der Waals surface area (Å²) in [6.45, 7) is 2.53. The van der Waals surface area contributed by atoms with E-state index >= 15 is 0 Å². The van der Waals surface area contributed by atoms with Crippen molar-refractivity contribution in [1.82, 2.24) is 15.1 Å². The van der Waals surface area contributed by atoms with Crippen LogP contribution in [-0.2, 0) is 9.59 Å². The van der Waals surface area contributed by atoms with Crippen LogP contribution >= 0.6 is 0 Å². The Bertz CT molecular complexity index is 773. The minimum Gasteiger partial charge on any atom is -0.497 e. The highest BCUT2D eigenvalue weighted by molar-refractivity contribution is 5.94. The first-order valence-electron chi connectivity index (χ1n) is 10.1. The number of carbonyl (C=O) groups excluding carboxylic acids is 3. The molecule has 0 aliphatic carbocycles. The normalized spacial score (nSPS) is 25.2. The maximum Gasteiger partial charge on any atom is 0.253 e.